The van der Waals surface area contributed by atoms with Gasteiger partial charge in [-0.05, 0) is 23.1 Å². The van der Waals surface area contributed by atoms with Crippen molar-refractivity contribution in [3.63, 3.8) is 0 Å². The molecule has 2 heterocycles. The van der Waals surface area contributed by atoms with Crippen LogP contribution in [0.15, 0.2) is 47.7 Å². The van der Waals surface area contributed by atoms with Gasteiger partial charge in [0.2, 0.25) is 5.88 Å². The van der Waals surface area contributed by atoms with E-state index in [1.807, 2.05) is 30.3 Å². The number of carbonyl (C=O) groups is 1. The van der Waals surface area contributed by atoms with Crippen LogP contribution in [-0.2, 0) is 11.2 Å². The highest BCUT2D eigenvalue weighted by molar-refractivity contribution is 6.09. The zero-order chi connectivity index (χ0) is 22.2. The van der Waals surface area contributed by atoms with E-state index in [1.54, 1.807) is 19.5 Å². The Hall–Kier alpha value is -3.39. The van der Waals surface area contributed by atoms with Crippen LogP contribution < -0.4 is 21.1 Å². The number of nitrogens with zero attached hydrogens (tertiary/aromatic N) is 2. The third-order valence-corrected chi connectivity index (χ3v) is 5.13. The molecule has 8 heteroatoms. The molecule has 0 bridgehead atoms. The van der Waals surface area contributed by atoms with Gasteiger partial charge in [-0.1, -0.05) is 31.2 Å². The summed E-state index contributed by atoms with van der Waals surface area (Å²) < 4.78 is 6.02. The monoisotopic (exact) mass is 423 g/mol. The average molecular weight is 424 g/mol. The molecule has 0 fully saturated rings. The number of carboxylic acids is 1. The minimum Gasteiger partial charge on any atom is -0.481 e. The van der Waals surface area contributed by atoms with Gasteiger partial charge in [0.1, 0.15) is 6.10 Å². The van der Waals surface area contributed by atoms with Gasteiger partial charge in [-0.15, -0.1) is 0 Å². The lowest BCUT2D eigenvalue weighted by atomic mass is 9.98. The van der Waals surface area contributed by atoms with Crippen molar-refractivity contribution >= 4 is 23.4 Å². The number of aliphatic carboxylic acids is 1. The first-order valence-corrected chi connectivity index (χ1v) is 10.3. The van der Waals surface area contributed by atoms with E-state index >= 15 is 0 Å². The molecule has 1 aliphatic heterocycles. The van der Waals surface area contributed by atoms with Crippen LogP contribution in [0.3, 0.4) is 0 Å². The smallest absolute Gasteiger partial charge is 0.307 e. The molecule has 0 amide bonds. The lowest BCUT2D eigenvalue weighted by Crippen LogP contribution is -2.40. The molecular weight excluding hydrogens is 394 g/mol. The lowest BCUT2D eigenvalue weighted by Gasteiger charge is -2.27. The number of carboxylic acid groups (broad SMARTS) is 1. The van der Waals surface area contributed by atoms with E-state index in [9.17, 15) is 4.79 Å². The Morgan fingerprint density at radius 3 is 3.06 bits per heavy atom. The summed E-state index contributed by atoms with van der Waals surface area (Å²) >= 11 is 0. The molecule has 0 radical (unpaired) electrons. The zero-order valence-corrected chi connectivity index (χ0v) is 17.8. The van der Waals surface area contributed by atoms with Crippen molar-refractivity contribution in [2.75, 3.05) is 32.0 Å². The molecule has 1 aromatic heterocycles. The predicted molar refractivity (Wildman–Crippen MR) is 123 cm³/mol. The molecule has 0 spiro atoms. The predicted octanol–water partition coefficient (Wildman–Crippen LogP) is 2.28. The van der Waals surface area contributed by atoms with Crippen LogP contribution in [0, 0.1) is 0 Å². The second-order valence-electron chi connectivity index (χ2n) is 7.58. The molecule has 164 valence electrons. The molecule has 1 aliphatic rings. The number of aromatic nitrogens is 1. The van der Waals surface area contributed by atoms with Crippen LogP contribution in [0.5, 0.6) is 5.88 Å². The number of pyridine rings is 1. The first-order chi connectivity index (χ1) is 15.0. The fourth-order valence-corrected chi connectivity index (χ4v) is 3.48. The van der Waals surface area contributed by atoms with Crippen LogP contribution in [0.2, 0.25) is 0 Å². The molecule has 0 saturated carbocycles. The Morgan fingerprint density at radius 1 is 1.48 bits per heavy atom. The molecular formula is C23H29N5O3. The van der Waals surface area contributed by atoms with E-state index in [4.69, 9.17) is 15.6 Å². The molecule has 5 N–H and O–H groups in total. The van der Waals surface area contributed by atoms with E-state index in [1.165, 1.54) is 6.20 Å². The number of rotatable bonds is 9. The summed E-state index contributed by atoms with van der Waals surface area (Å²) in [5, 5.41) is 15.8. The van der Waals surface area contributed by atoms with Gasteiger partial charge in [0.25, 0.3) is 0 Å². The normalized spacial score (nSPS) is 17.0. The maximum absolute atomic E-state index is 10.9. The quantitative estimate of drug-likeness (QED) is 0.457. The van der Waals surface area contributed by atoms with Crippen LogP contribution in [0.4, 0.5) is 5.69 Å². The molecule has 0 aliphatic carbocycles. The number of anilines is 1. The lowest BCUT2D eigenvalue weighted by molar-refractivity contribution is -0.136. The van der Waals surface area contributed by atoms with Gasteiger partial charge in [-0.25, -0.2) is 4.98 Å². The fourth-order valence-electron chi connectivity index (χ4n) is 3.48. The summed E-state index contributed by atoms with van der Waals surface area (Å²) in [6.07, 6.45) is 4.92. The fraction of sp³-hybridized carbons (Fsp3) is 0.348. The molecule has 2 unspecified atom stereocenters. The van der Waals surface area contributed by atoms with Crippen molar-refractivity contribution in [2.24, 2.45) is 10.7 Å². The highest BCUT2D eigenvalue weighted by Crippen LogP contribution is 2.29. The third kappa shape index (κ3) is 6.05. The van der Waals surface area contributed by atoms with Crippen molar-refractivity contribution < 1.29 is 14.6 Å². The number of nitrogens with two attached hydrogens (primary N) is 1. The summed E-state index contributed by atoms with van der Waals surface area (Å²) in [6, 6.07) is 9.70. The van der Waals surface area contributed by atoms with Gasteiger partial charge < -0.3 is 26.2 Å². The highest BCUT2D eigenvalue weighted by Gasteiger charge is 2.21. The van der Waals surface area contributed by atoms with E-state index in [0.717, 1.165) is 34.5 Å². The number of aliphatic imine (C=N–C) groups is 1. The van der Waals surface area contributed by atoms with Gasteiger partial charge >= 0.3 is 5.97 Å². The SMILES string of the molecule is CN=C/C(=C\N)c1cnc2c(c1)NCC(CNCC(C)c1cccc(CC(=O)O)c1)O2. The highest BCUT2D eigenvalue weighted by atomic mass is 16.5. The van der Waals surface area contributed by atoms with Crippen molar-refractivity contribution in [3.05, 3.63) is 59.4 Å². The molecule has 2 atom stereocenters. The molecule has 31 heavy (non-hydrogen) atoms. The third-order valence-electron chi connectivity index (χ3n) is 5.13. The van der Waals surface area contributed by atoms with Gasteiger partial charge in [0.05, 0.1) is 18.7 Å². The number of fused-ring (bicyclic) bond motifs is 1. The number of benzene rings is 1. The molecule has 2 aromatic rings. The Balaban J connectivity index is 1.52. The Morgan fingerprint density at radius 2 is 2.32 bits per heavy atom. The van der Waals surface area contributed by atoms with Gasteiger partial charge in [-0.3, -0.25) is 9.79 Å². The Labute approximate surface area is 182 Å². The zero-order valence-electron chi connectivity index (χ0n) is 17.8. The van der Waals surface area contributed by atoms with Crippen molar-refractivity contribution in [1.29, 1.82) is 0 Å². The summed E-state index contributed by atoms with van der Waals surface area (Å²) in [5.41, 5.74) is 10.1. The summed E-state index contributed by atoms with van der Waals surface area (Å²) in [4.78, 5) is 19.4. The van der Waals surface area contributed by atoms with Gasteiger partial charge in [0, 0.05) is 49.9 Å². The number of ether oxygens (including phenoxy) is 1. The first-order valence-electron chi connectivity index (χ1n) is 10.3. The van der Waals surface area contributed by atoms with Gasteiger partial charge in [-0.2, -0.15) is 0 Å². The van der Waals surface area contributed by atoms with Crippen LogP contribution in [0.25, 0.3) is 5.57 Å². The molecule has 8 nitrogen and oxygen atoms in total. The van der Waals surface area contributed by atoms with Crippen LogP contribution >= 0.6 is 0 Å². The Kier molecular flexibility index (Phi) is 7.61. The summed E-state index contributed by atoms with van der Waals surface area (Å²) in [5.74, 6) is 0.000601. The molecule has 3 rings (SSSR count). The maximum atomic E-state index is 10.9. The van der Waals surface area contributed by atoms with E-state index in [0.29, 0.717) is 19.0 Å². The van der Waals surface area contributed by atoms with Crippen molar-refractivity contribution in [3.8, 4) is 5.88 Å². The number of hydrogen-bond acceptors (Lipinski definition) is 7. The van der Waals surface area contributed by atoms with E-state index < -0.39 is 5.97 Å². The van der Waals surface area contributed by atoms with Crippen molar-refractivity contribution in [2.45, 2.75) is 25.4 Å². The minimum absolute atomic E-state index is 0.0392. The summed E-state index contributed by atoms with van der Waals surface area (Å²) in [7, 11) is 1.70. The number of nitrogens with one attached hydrogen (secondary N) is 2. The molecule has 1 aromatic carbocycles. The number of allylic oxidation sites excluding steroid dienone is 1. The van der Waals surface area contributed by atoms with E-state index in [2.05, 4.69) is 27.5 Å². The van der Waals surface area contributed by atoms with Crippen LogP contribution in [0.1, 0.15) is 29.5 Å². The Bertz CT molecular complexity index is 973. The van der Waals surface area contributed by atoms with Gasteiger partial charge in [0.15, 0.2) is 0 Å². The topological polar surface area (TPSA) is 122 Å². The second kappa shape index (κ2) is 10.6. The summed E-state index contributed by atoms with van der Waals surface area (Å²) in [6.45, 7) is 4.21. The number of hydrogen-bond donors (Lipinski definition) is 4. The average Bonchev–Trinajstić information content (AvgIpc) is 2.76. The molecule has 0 saturated heterocycles. The largest absolute Gasteiger partial charge is 0.481 e. The van der Waals surface area contributed by atoms with Crippen LogP contribution in [-0.4, -0.2) is 55.1 Å². The first kappa shape index (κ1) is 22.3. The van der Waals surface area contributed by atoms with E-state index in [-0.39, 0.29) is 18.4 Å². The second-order valence-corrected chi connectivity index (χ2v) is 7.58. The minimum atomic E-state index is -0.820. The van der Waals surface area contributed by atoms with Crippen molar-refractivity contribution in [1.82, 2.24) is 10.3 Å². The maximum Gasteiger partial charge on any atom is 0.307 e. The standard InChI is InChI=1S/C23H29N5O3/c1-15(17-5-3-4-16(6-17)7-22(29)30)10-26-13-20-14-27-21-8-18(12-28-23(21)31-20)19(9-24)11-25-2/h3-6,8-9,11-12,15,20,26-27H,7,10,13-14,24H2,1-2H3,(H,29,30)/b19-9+,25-11?.